The second kappa shape index (κ2) is 5.57. The largest absolute Gasteiger partial charge is 0.490 e. The van der Waals surface area contributed by atoms with Crippen LogP contribution in [0.4, 0.5) is 0 Å². The van der Waals surface area contributed by atoms with Gasteiger partial charge in [0.05, 0.1) is 25.1 Å². The molecule has 0 unspecified atom stereocenters. The van der Waals surface area contributed by atoms with Crippen molar-refractivity contribution in [3.8, 4) is 22.8 Å². The summed E-state index contributed by atoms with van der Waals surface area (Å²) in [4.78, 5) is 7.87. The van der Waals surface area contributed by atoms with Crippen LogP contribution in [0.1, 0.15) is 38.4 Å². The van der Waals surface area contributed by atoms with Gasteiger partial charge in [0.2, 0.25) is 0 Å². The third-order valence-electron chi connectivity index (χ3n) is 3.41. The molecule has 1 aromatic carbocycles. The standard InChI is InChI=1S/C16H20N2O2/c1-3-19-14-8-7-12(9-15(14)20-4-2)13-10-17-16(18-13)11-5-6-11/h7-11H,3-6H2,1-2H3,(H,17,18). The molecule has 1 N–H and O–H groups in total. The molecule has 4 heteroatoms. The number of rotatable bonds is 6. The molecule has 1 aliphatic rings. The molecule has 1 aliphatic carbocycles. The van der Waals surface area contributed by atoms with Crippen molar-refractivity contribution in [1.29, 1.82) is 0 Å². The van der Waals surface area contributed by atoms with Gasteiger partial charge in [-0.2, -0.15) is 0 Å². The van der Waals surface area contributed by atoms with E-state index in [1.807, 2.05) is 38.2 Å². The van der Waals surface area contributed by atoms with E-state index in [9.17, 15) is 0 Å². The Bertz CT molecular complexity index is 588. The fourth-order valence-electron chi connectivity index (χ4n) is 2.27. The Labute approximate surface area is 119 Å². The SMILES string of the molecule is CCOc1ccc(-c2cnc(C3CC3)[nH]2)cc1OCC. The fraction of sp³-hybridized carbons (Fsp3) is 0.438. The molecule has 0 radical (unpaired) electrons. The Kier molecular flexibility index (Phi) is 3.63. The van der Waals surface area contributed by atoms with Gasteiger partial charge in [-0.3, -0.25) is 0 Å². The Morgan fingerprint density at radius 2 is 1.90 bits per heavy atom. The molecule has 3 rings (SSSR count). The summed E-state index contributed by atoms with van der Waals surface area (Å²) in [6, 6.07) is 6.01. The number of aromatic nitrogens is 2. The lowest BCUT2D eigenvalue weighted by molar-refractivity contribution is 0.288. The Balaban J connectivity index is 1.89. The van der Waals surface area contributed by atoms with Crippen LogP contribution in [0.3, 0.4) is 0 Å². The number of aromatic amines is 1. The van der Waals surface area contributed by atoms with Crippen molar-refractivity contribution >= 4 is 0 Å². The number of hydrogen-bond donors (Lipinski definition) is 1. The molecule has 0 bridgehead atoms. The summed E-state index contributed by atoms with van der Waals surface area (Å²) in [6.07, 6.45) is 4.40. The summed E-state index contributed by atoms with van der Waals surface area (Å²) in [5, 5.41) is 0. The summed E-state index contributed by atoms with van der Waals surface area (Å²) in [6.45, 7) is 5.21. The molecule has 0 atom stereocenters. The summed E-state index contributed by atoms with van der Waals surface area (Å²) in [5.74, 6) is 3.32. The zero-order valence-electron chi connectivity index (χ0n) is 12.0. The van der Waals surface area contributed by atoms with Crippen molar-refractivity contribution in [2.75, 3.05) is 13.2 Å². The smallest absolute Gasteiger partial charge is 0.161 e. The molecule has 1 fully saturated rings. The highest BCUT2D eigenvalue weighted by Crippen LogP contribution is 2.39. The van der Waals surface area contributed by atoms with Gasteiger partial charge in [0, 0.05) is 11.5 Å². The van der Waals surface area contributed by atoms with Gasteiger partial charge in [0.25, 0.3) is 0 Å². The van der Waals surface area contributed by atoms with Crippen LogP contribution in [-0.4, -0.2) is 23.2 Å². The predicted octanol–water partition coefficient (Wildman–Crippen LogP) is 3.75. The number of imidazole rings is 1. The number of ether oxygens (including phenoxy) is 2. The highest BCUT2D eigenvalue weighted by Gasteiger charge is 2.26. The van der Waals surface area contributed by atoms with Crippen LogP contribution in [0.5, 0.6) is 11.5 Å². The van der Waals surface area contributed by atoms with Crippen molar-refractivity contribution in [3.63, 3.8) is 0 Å². The Morgan fingerprint density at radius 3 is 2.60 bits per heavy atom. The molecule has 1 aromatic heterocycles. The topological polar surface area (TPSA) is 47.1 Å². The summed E-state index contributed by atoms with van der Waals surface area (Å²) in [7, 11) is 0. The summed E-state index contributed by atoms with van der Waals surface area (Å²) >= 11 is 0. The maximum Gasteiger partial charge on any atom is 0.161 e. The lowest BCUT2D eigenvalue weighted by atomic mass is 10.1. The monoisotopic (exact) mass is 272 g/mol. The van der Waals surface area contributed by atoms with Crippen molar-refractivity contribution in [1.82, 2.24) is 9.97 Å². The molecule has 20 heavy (non-hydrogen) atoms. The van der Waals surface area contributed by atoms with Gasteiger partial charge in [-0.25, -0.2) is 4.98 Å². The van der Waals surface area contributed by atoms with Gasteiger partial charge >= 0.3 is 0 Å². The molecular formula is C16H20N2O2. The maximum absolute atomic E-state index is 5.66. The maximum atomic E-state index is 5.66. The first kappa shape index (κ1) is 13.0. The average Bonchev–Trinajstić information content (AvgIpc) is 3.19. The van der Waals surface area contributed by atoms with Crippen LogP contribution in [0.25, 0.3) is 11.3 Å². The number of benzene rings is 1. The molecule has 0 amide bonds. The number of nitrogens with zero attached hydrogens (tertiary/aromatic N) is 1. The lowest BCUT2D eigenvalue weighted by Gasteiger charge is -2.11. The molecule has 2 aromatic rings. The van der Waals surface area contributed by atoms with Gasteiger partial charge in [0.1, 0.15) is 5.82 Å². The van der Waals surface area contributed by atoms with Crippen molar-refractivity contribution in [2.24, 2.45) is 0 Å². The minimum Gasteiger partial charge on any atom is -0.490 e. The lowest BCUT2D eigenvalue weighted by Crippen LogP contribution is -1.98. The summed E-state index contributed by atoms with van der Waals surface area (Å²) in [5.41, 5.74) is 2.12. The minimum atomic E-state index is 0.625. The van der Waals surface area contributed by atoms with Crippen LogP contribution in [-0.2, 0) is 0 Å². The molecule has 106 valence electrons. The fourth-order valence-corrected chi connectivity index (χ4v) is 2.27. The molecular weight excluding hydrogens is 252 g/mol. The number of hydrogen-bond acceptors (Lipinski definition) is 3. The van der Waals surface area contributed by atoms with Crippen LogP contribution >= 0.6 is 0 Å². The van der Waals surface area contributed by atoms with Crippen LogP contribution in [0, 0.1) is 0 Å². The number of nitrogens with one attached hydrogen (secondary N) is 1. The van der Waals surface area contributed by atoms with Crippen molar-refractivity contribution < 1.29 is 9.47 Å². The molecule has 4 nitrogen and oxygen atoms in total. The van der Waals surface area contributed by atoms with Gasteiger partial charge in [-0.15, -0.1) is 0 Å². The molecule has 1 heterocycles. The van der Waals surface area contributed by atoms with E-state index in [2.05, 4.69) is 9.97 Å². The van der Waals surface area contributed by atoms with Gasteiger partial charge in [-0.1, -0.05) is 0 Å². The van der Waals surface area contributed by atoms with E-state index in [1.54, 1.807) is 0 Å². The van der Waals surface area contributed by atoms with Gasteiger partial charge in [-0.05, 0) is 44.9 Å². The van der Waals surface area contributed by atoms with E-state index in [-0.39, 0.29) is 0 Å². The minimum absolute atomic E-state index is 0.625. The quantitative estimate of drug-likeness (QED) is 0.871. The first-order valence-corrected chi connectivity index (χ1v) is 7.26. The third-order valence-corrected chi connectivity index (χ3v) is 3.41. The van der Waals surface area contributed by atoms with E-state index < -0.39 is 0 Å². The normalized spacial score (nSPS) is 14.3. The first-order valence-electron chi connectivity index (χ1n) is 7.26. The average molecular weight is 272 g/mol. The van der Waals surface area contributed by atoms with E-state index in [4.69, 9.17) is 9.47 Å². The zero-order valence-corrected chi connectivity index (χ0v) is 12.0. The second-order valence-electron chi connectivity index (χ2n) is 4.98. The molecule has 0 spiro atoms. The zero-order chi connectivity index (χ0) is 13.9. The highest BCUT2D eigenvalue weighted by atomic mass is 16.5. The number of H-pyrrole nitrogens is 1. The highest BCUT2D eigenvalue weighted by molar-refractivity contribution is 5.63. The van der Waals surface area contributed by atoms with Crippen LogP contribution < -0.4 is 9.47 Å². The van der Waals surface area contributed by atoms with Crippen molar-refractivity contribution in [2.45, 2.75) is 32.6 Å². The molecule has 1 saturated carbocycles. The van der Waals surface area contributed by atoms with Crippen LogP contribution in [0.2, 0.25) is 0 Å². The van der Waals surface area contributed by atoms with E-state index >= 15 is 0 Å². The second-order valence-corrected chi connectivity index (χ2v) is 4.98. The Hall–Kier alpha value is -1.97. The predicted molar refractivity (Wildman–Crippen MR) is 78.3 cm³/mol. The van der Waals surface area contributed by atoms with E-state index in [0.717, 1.165) is 28.6 Å². The third kappa shape index (κ3) is 2.64. The molecule has 0 saturated heterocycles. The van der Waals surface area contributed by atoms with Gasteiger partial charge in [0.15, 0.2) is 11.5 Å². The van der Waals surface area contributed by atoms with E-state index in [0.29, 0.717) is 19.1 Å². The van der Waals surface area contributed by atoms with Crippen LogP contribution in [0.15, 0.2) is 24.4 Å². The van der Waals surface area contributed by atoms with Crippen molar-refractivity contribution in [3.05, 3.63) is 30.2 Å². The molecule has 0 aliphatic heterocycles. The summed E-state index contributed by atoms with van der Waals surface area (Å²) < 4.78 is 11.2. The Morgan fingerprint density at radius 1 is 1.15 bits per heavy atom. The first-order chi connectivity index (χ1) is 9.81. The van der Waals surface area contributed by atoms with Gasteiger partial charge < -0.3 is 14.5 Å². The van der Waals surface area contributed by atoms with E-state index in [1.165, 1.54) is 12.8 Å².